The van der Waals surface area contributed by atoms with Crippen LogP contribution in [0.25, 0.3) is 0 Å². The SMILES string of the molecule is CCCN(CCC)C(=O)C1CC1C(=O)Nc1ccc(F)cc1F. The van der Waals surface area contributed by atoms with E-state index in [1.807, 2.05) is 13.8 Å². The molecule has 1 aliphatic carbocycles. The summed E-state index contributed by atoms with van der Waals surface area (Å²) in [6.45, 7) is 5.38. The molecule has 2 amide bonds. The van der Waals surface area contributed by atoms with E-state index < -0.39 is 17.6 Å². The van der Waals surface area contributed by atoms with E-state index in [4.69, 9.17) is 0 Å². The average Bonchev–Trinajstić information content (AvgIpc) is 3.30. The van der Waals surface area contributed by atoms with Gasteiger partial charge in [0.25, 0.3) is 0 Å². The van der Waals surface area contributed by atoms with Crippen molar-refractivity contribution in [3.63, 3.8) is 0 Å². The van der Waals surface area contributed by atoms with Crippen molar-refractivity contribution >= 4 is 17.5 Å². The van der Waals surface area contributed by atoms with Crippen LogP contribution in [0.15, 0.2) is 18.2 Å². The van der Waals surface area contributed by atoms with Gasteiger partial charge < -0.3 is 10.2 Å². The molecule has 1 fully saturated rings. The molecule has 23 heavy (non-hydrogen) atoms. The predicted octanol–water partition coefficient (Wildman–Crippen LogP) is 3.19. The summed E-state index contributed by atoms with van der Waals surface area (Å²) in [5.41, 5.74) is -0.0616. The molecule has 1 N–H and O–H groups in total. The summed E-state index contributed by atoms with van der Waals surface area (Å²) in [4.78, 5) is 26.3. The van der Waals surface area contributed by atoms with Crippen molar-refractivity contribution in [1.82, 2.24) is 4.90 Å². The zero-order valence-corrected chi connectivity index (χ0v) is 13.4. The Balaban J connectivity index is 1.94. The van der Waals surface area contributed by atoms with Crippen molar-refractivity contribution in [1.29, 1.82) is 0 Å². The molecule has 0 saturated heterocycles. The summed E-state index contributed by atoms with van der Waals surface area (Å²) in [7, 11) is 0. The Labute approximate surface area is 134 Å². The first kappa shape index (κ1) is 17.4. The summed E-state index contributed by atoms with van der Waals surface area (Å²) in [6, 6.07) is 2.98. The number of benzene rings is 1. The lowest BCUT2D eigenvalue weighted by atomic mass is 10.2. The number of nitrogens with zero attached hydrogens (tertiary/aromatic N) is 1. The minimum absolute atomic E-state index is 0.00609. The second-order valence-corrected chi connectivity index (χ2v) is 5.89. The molecule has 0 aromatic heterocycles. The zero-order chi connectivity index (χ0) is 17.0. The summed E-state index contributed by atoms with van der Waals surface area (Å²) >= 11 is 0. The van der Waals surface area contributed by atoms with Crippen LogP contribution < -0.4 is 5.32 Å². The van der Waals surface area contributed by atoms with Gasteiger partial charge in [-0.05, 0) is 31.4 Å². The van der Waals surface area contributed by atoms with Crippen LogP contribution in [-0.4, -0.2) is 29.8 Å². The fourth-order valence-corrected chi connectivity index (χ4v) is 2.68. The molecule has 2 rings (SSSR count). The van der Waals surface area contributed by atoms with Crippen LogP contribution in [0, 0.1) is 23.5 Å². The molecule has 1 aromatic carbocycles. The lowest BCUT2D eigenvalue weighted by molar-refractivity contribution is -0.134. The number of hydrogen-bond acceptors (Lipinski definition) is 2. The van der Waals surface area contributed by atoms with Gasteiger partial charge >= 0.3 is 0 Å². The summed E-state index contributed by atoms with van der Waals surface area (Å²) in [6.07, 6.45) is 2.23. The summed E-state index contributed by atoms with van der Waals surface area (Å²) in [5, 5.41) is 2.44. The van der Waals surface area contributed by atoms with E-state index in [2.05, 4.69) is 5.32 Å². The van der Waals surface area contributed by atoms with E-state index in [0.717, 1.165) is 25.0 Å². The highest BCUT2D eigenvalue weighted by Crippen LogP contribution is 2.41. The second-order valence-electron chi connectivity index (χ2n) is 5.89. The van der Waals surface area contributed by atoms with Gasteiger partial charge in [0.2, 0.25) is 11.8 Å². The summed E-state index contributed by atoms with van der Waals surface area (Å²) < 4.78 is 26.4. The number of hydrogen-bond donors (Lipinski definition) is 1. The third kappa shape index (κ3) is 4.27. The Bertz CT molecular complexity index is 586. The van der Waals surface area contributed by atoms with Crippen molar-refractivity contribution in [2.75, 3.05) is 18.4 Å². The molecule has 0 radical (unpaired) electrons. The van der Waals surface area contributed by atoms with Crippen LogP contribution in [0.5, 0.6) is 0 Å². The van der Waals surface area contributed by atoms with Crippen molar-refractivity contribution in [2.24, 2.45) is 11.8 Å². The lowest BCUT2D eigenvalue weighted by Crippen LogP contribution is -2.34. The normalized spacial score (nSPS) is 19.3. The Morgan fingerprint density at radius 1 is 1.17 bits per heavy atom. The highest BCUT2D eigenvalue weighted by molar-refractivity contribution is 5.99. The van der Waals surface area contributed by atoms with Crippen LogP contribution in [-0.2, 0) is 9.59 Å². The third-order valence-electron chi connectivity index (χ3n) is 3.93. The molecule has 1 aliphatic rings. The minimum atomic E-state index is -0.819. The Hall–Kier alpha value is -1.98. The average molecular weight is 324 g/mol. The van der Waals surface area contributed by atoms with E-state index in [0.29, 0.717) is 19.5 Å². The van der Waals surface area contributed by atoms with Gasteiger partial charge in [0, 0.05) is 19.2 Å². The molecule has 1 aromatic rings. The molecule has 2 unspecified atom stereocenters. The van der Waals surface area contributed by atoms with E-state index >= 15 is 0 Å². The highest BCUT2D eigenvalue weighted by Gasteiger charge is 2.49. The fraction of sp³-hybridized carbons (Fsp3) is 0.529. The van der Waals surface area contributed by atoms with Gasteiger partial charge in [0.05, 0.1) is 17.5 Å². The first-order valence-corrected chi connectivity index (χ1v) is 8.02. The van der Waals surface area contributed by atoms with Gasteiger partial charge in [0.1, 0.15) is 11.6 Å². The molecule has 4 nitrogen and oxygen atoms in total. The molecule has 0 heterocycles. The van der Waals surface area contributed by atoms with Gasteiger partial charge in [-0.1, -0.05) is 13.8 Å². The smallest absolute Gasteiger partial charge is 0.228 e. The zero-order valence-electron chi connectivity index (χ0n) is 13.4. The monoisotopic (exact) mass is 324 g/mol. The van der Waals surface area contributed by atoms with E-state index in [-0.39, 0.29) is 23.4 Å². The van der Waals surface area contributed by atoms with Gasteiger partial charge in [-0.15, -0.1) is 0 Å². The molecule has 0 spiro atoms. The molecular formula is C17H22F2N2O2. The van der Waals surface area contributed by atoms with E-state index in [1.54, 1.807) is 4.90 Å². The number of nitrogens with one attached hydrogen (secondary N) is 1. The minimum Gasteiger partial charge on any atom is -0.342 e. The van der Waals surface area contributed by atoms with Gasteiger partial charge in [-0.3, -0.25) is 9.59 Å². The maximum absolute atomic E-state index is 13.5. The Morgan fingerprint density at radius 3 is 2.39 bits per heavy atom. The van der Waals surface area contributed by atoms with E-state index in [9.17, 15) is 18.4 Å². The predicted molar refractivity (Wildman–Crippen MR) is 83.7 cm³/mol. The number of rotatable bonds is 7. The first-order valence-electron chi connectivity index (χ1n) is 8.02. The van der Waals surface area contributed by atoms with Crippen LogP contribution in [0.3, 0.4) is 0 Å². The maximum atomic E-state index is 13.5. The molecule has 2 atom stereocenters. The quantitative estimate of drug-likeness (QED) is 0.837. The maximum Gasteiger partial charge on any atom is 0.228 e. The van der Waals surface area contributed by atoms with Gasteiger partial charge in [-0.25, -0.2) is 8.78 Å². The number of anilines is 1. The number of carbonyl (C=O) groups is 2. The molecule has 0 aliphatic heterocycles. The highest BCUT2D eigenvalue weighted by atomic mass is 19.1. The van der Waals surface area contributed by atoms with Gasteiger partial charge in [0.15, 0.2) is 0 Å². The van der Waals surface area contributed by atoms with E-state index in [1.165, 1.54) is 6.07 Å². The third-order valence-corrected chi connectivity index (χ3v) is 3.93. The number of carbonyl (C=O) groups excluding carboxylic acids is 2. The van der Waals surface area contributed by atoms with Crippen LogP contribution >= 0.6 is 0 Å². The topological polar surface area (TPSA) is 49.4 Å². The standard InChI is InChI=1S/C17H22F2N2O2/c1-3-7-21(8-4-2)17(23)13-10-12(13)16(22)20-15-6-5-11(18)9-14(15)19/h5-6,9,12-13H,3-4,7-8,10H2,1-2H3,(H,20,22). The van der Waals surface area contributed by atoms with Crippen molar-refractivity contribution in [2.45, 2.75) is 33.1 Å². The van der Waals surface area contributed by atoms with Crippen LogP contribution in [0.4, 0.5) is 14.5 Å². The first-order chi connectivity index (χ1) is 11.0. The van der Waals surface area contributed by atoms with Gasteiger partial charge in [-0.2, -0.15) is 0 Å². The number of halogens is 2. The largest absolute Gasteiger partial charge is 0.342 e. The lowest BCUT2D eigenvalue weighted by Gasteiger charge is -2.21. The van der Waals surface area contributed by atoms with Crippen LogP contribution in [0.2, 0.25) is 0 Å². The molecule has 126 valence electrons. The van der Waals surface area contributed by atoms with Crippen molar-refractivity contribution < 1.29 is 18.4 Å². The van der Waals surface area contributed by atoms with Crippen LogP contribution in [0.1, 0.15) is 33.1 Å². The molecular weight excluding hydrogens is 302 g/mol. The summed E-state index contributed by atoms with van der Waals surface area (Å²) in [5.74, 6) is -2.66. The number of amides is 2. The fourth-order valence-electron chi connectivity index (χ4n) is 2.68. The van der Waals surface area contributed by atoms with Crippen molar-refractivity contribution in [3.05, 3.63) is 29.8 Å². The second kappa shape index (κ2) is 7.53. The molecule has 6 heteroatoms. The Morgan fingerprint density at radius 2 is 1.83 bits per heavy atom. The molecule has 1 saturated carbocycles. The molecule has 0 bridgehead atoms. The Kier molecular flexibility index (Phi) is 5.69. The van der Waals surface area contributed by atoms with Crippen molar-refractivity contribution in [3.8, 4) is 0 Å².